The van der Waals surface area contributed by atoms with Gasteiger partial charge in [0, 0.05) is 42.7 Å². The number of rotatable bonds is 1. The molecule has 1 aromatic carbocycles. The number of methoxy groups -OCH3 is 1. The highest BCUT2D eigenvalue weighted by molar-refractivity contribution is 5.82. The van der Waals surface area contributed by atoms with Crippen molar-refractivity contribution in [2.45, 2.75) is 49.7 Å². The van der Waals surface area contributed by atoms with Crippen molar-refractivity contribution in [3.05, 3.63) is 41.5 Å². The lowest BCUT2D eigenvalue weighted by Gasteiger charge is -2.61. The van der Waals surface area contributed by atoms with E-state index in [9.17, 15) is 4.79 Å². The molecule has 7 rings (SSSR count). The van der Waals surface area contributed by atoms with Crippen LogP contribution in [0, 0.1) is 11.3 Å². The second kappa shape index (κ2) is 4.53. The minimum atomic E-state index is -0.363. The van der Waals surface area contributed by atoms with Crippen molar-refractivity contribution in [3.8, 4) is 0 Å². The maximum absolute atomic E-state index is 13.3. The normalized spacial score (nSPS) is 48.0. The standard InChI is InChI=1S/C22H26N2O2/c1-4-13-11-24-17-9-15(13)22(20(25)26-3)12-21(10-18(22)24)14-7-5-6-8-16(14)23(2)19(17)21/h4-8,15,17-19H,9-12H2,1-3H3/b13-4+/t15-,17+,18-,19-,21-,22?/m1/s1. The van der Waals surface area contributed by atoms with Gasteiger partial charge in [-0.3, -0.25) is 9.69 Å². The van der Waals surface area contributed by atoms with Crippen LogP contribution in [0.1, 0.15) is 31.7 Å². The Hall–Kier alpha value is -1.81. The number of carbonyl (C=O) groups is 1. The third-order valence-electron chi connectivity index (χ3n) is 8.60. The van der Waals surface area contributed by atoms with Crippen molar-refractivity contribution in [2.24, 2.45) is 11.3 Å². The van der Waals surface area contributed by atoms with Crippen molar-refractivity contribution in [2.75, 3.05) is 25.6 Å². The van der Waals surface area contributed by atoms with Gasteiger partial charge >= 0.3 is 5.97 Å². The molecule has 5 bridgehead atoms. The number of nitrogens with zero attached hydrogens (tertiary/aromatic N) is 2. The number of fused-ring (bicyclic) bond motifs is 2. The van der Waals surface area contributed by atoms with Gasteiger partial charge in [-0.1, -0.05) is 29.8 Å². The van der Waals surface area contributed by atoms with Gasteiger partial charge in [-0.2, -0.15) is 0 Å². The van der Waals surface area contributed by atoms with E-state index in [0.29, 0.717) is 24.0 Å². The van der Waals surface area contributed by atoms with Gasteiger partial charge in [-0.15, -0.1) is 0 Å². The summed E-state index contributed by atoms with van der Waals surface area (Å²) >= 11 is 0. The average Bonchev–Trinajstić information content (AvgIpc) is 3.10. The summed E-state index contributed by atoms with van der Waals surface area (Å²) in [5.41, 5.74) is 4.03. The van der Waals surface area contributed by atoms with E-state index < -0.39 is 0 Å². The van der Waals surface area contributed by atoms with Crippen LogP contribution in [-0.2, 0) is 14.9 Å². The molecule has 6 aliphatic rings. The van der Waals surface area contributed by atoms with E-state index in [2.05, 4.69) is 54.1 Å². The molecule has 0 aromatic heterocycles. The summed E-state index contributed by atoms with van der Waals surface area (Å²) in [5.74, 6) is 0.380. The first-order chi connectivity index (χ1) is 12.6. The summed E-state index contributed by atoms with van der Waals surface area (Å²) in [4.78, 5) is 18.5. The van der Waals surface area contributed by atoms with Crippen LogP contribution in [0.3, 0.4) is 0 Å². The van der Waals surface area contributed by atoms with Crippen LogP contribution in [-0.4, -0.2) is 49.7 Å². The van der Waals surface area contributed by atoms with Crippen LogP contribution in [0.25, 0.3) is 0 Å². The minimum absolute atomic E-state index is 0.0274. The van der Waals surface area contributed by atoms with E-state index in [0.717, 1.165) is 25.8 Å². The number of hydrogen-bond acceptors (Lipinski definition) is 4. The van der Waals surface area contributed by atoms with E-state index >= 15 is 0 Å². The van der Waals surface area contributed by atoms with Gasteiger partial charge in [-0.05, 0) is 37.8 Å². The van der Waals surface area contributed by atoms with E-state index in [1.807, 2.05) is 0 Å². The minimum Gasteiger partial charge on any atom is -0.469 e. The molecule has 26 heavy (non-hydrogen) atoms. The third-order valence-corrected chi connectivity index (χ3v) is 8.60. The van der Waals surface area contributed by atoms with Gasteiger partial charge in [-0.25, -0.2) is 0 Å². The molecule has 1 saturated carbocycles. The fraction of sp³-hybridized carbons (Fsp3) is 0.591. The summed E-state index contributed by atoms with van der Waals surface area (Å²) in [6, 6.07) is 10.3. The number of esters is 1. The highest BCUT2D eigenvalue weighted by Crippen LogP contribution is 2.72. The third kappa shape index (κ3) is 1.34. The number of ether oxygens (including phenoxy) is 1. The van der Waals surface area contributed by atoms with Gasteiger partial charge in [0.25, 0.3) is 0 Å². The number of benzene rings is 1. The molecule has 4 heteroatoms. The first-order valence-electron chi connectivity index (χ1n) is 9.90. The Morgan fingerprint density at radius 2 is 2.15 bits per heavy atom. The van der Waals surface area contributed by atoms with Crippen molar-refractivity contribution in [3.63, 3.8) is 0 Å². The Bertz CT molecular complexity index is 863. The van der Waals surface area contributed by atoms with Gasteiger partial charge in [0.05, 0.1) is 18.6 Å². The molecule has 136 valence electrons. The molecule has 1 aromatic rings. The molecule has 0 radical (unpaired) electrons. The SMILES string of the molecule is C/C=C1\CN2[C@H]3C[C@H]1C1(C(=O)OC)C[C@]4(C[C@@H]21)c1ccccc1N(C)[C@H]34. The maximum atomic E-state index is 13.3. The van der Waals surface area contributed by atoms with E-state index in [1.165, 1.54) is 16.8 Å². The first kappa shape index (κ1) is 15.3. The highest BCUT2D eigenvalue weighted by atomic mass is 16.5. The molecular weight excluding hydrogens is 324 g/mol. The summed E-state index contributed by atoms with van der Waals surface area (Å²) in [5, 5.41) is 0. The number of anilines is 1. The molecule has 1 spiro atoms. The van der Waals surface area contributed by atoms with Crippen molar-refractivity contribution in [1.82, 2.24) is 4.90 Å². The Kier molecular flexibility index (Phi) is 2.66. The molecule has 2 unspecified atom stereocenters. The second-order valence-electron chi connectivity index (χ2n) is 9.05. The van der Waals surface area contributed by atoms with Crippen LogP contribution in [0.15, 0.2) is 35.9 Å². The van der Waals surface area contributed by atoms with Crippen molar-refractivity contribution < 1.29 is 9.53 Å². The Morgan fingerprint density at radius 1 is 1.35 bits per heavy atom. The molecule has 0 N–H and O–H groups in total. The number of piperidine rings is 4. The van der Waals surface area contributed by atoms with Crippen LogP contribution in [0.5, 0.6) is 0 Å². The van der Waals surface area contributed by atoms with Crippen LogP contribution in [0.4, 0.5) is 5.69 Å². The number of para-hydroxylation sites is 1. The zero-order valence-electron chi connectivity index (χ0n) is 15.7. The van der Waals surface area contributed by atoms with E-state index in [1.54, 1.807) is 7.11 Å². The molecule has 5 fully saturated rings. The summed E-state index contributed by atoms with van der Waals surface area (Å²) in [7, 11) is 3.84. The molecular formula is C22H26N2O2. The predicted octanol–water partition coefficient (Wildman–Crippen LogP) is 2.73. The largest absolute Gasteiger partial charge is 0.469 e. The van der Waals surface area contributed by atoms with Crippen LogP contribution < -0.4 is 4.90 Å². The van der Waals surface area contributed by atoms with Gasteiger partial charge in [0.1, 0.15) is 0 Å². The fourth-order valence-electron chi connectivity index (χ4n) is 7.94. The summed E-state index contributed by atoms with van der Waals surface area (Å²) < 4.78 is 5.46. The molecule has 0 amide bonds. The zero-order chi connectivity index (χ0) is 17.8. The van der Waals surface area contributed by atoms with Gasteiger partial charge in [0.15, 0.2) is 0 Å². The van der Waals surface area contributed by atoms with Crippen molar-refractivity contribution >= 4 is 11.7 Å². The lowest BCUT2D eigenvalue weighted by molar-refractivity contribution is -0.170. The molecule has 4 nitrogen and oxygen atoms in total. The zero-order valence-corrected chi connectivity index (χ0v) is 15.7. The molecule has 7 atom stereocenters. The van der Waals surface area contributed by atoms with E-state index in [-0.39, 0.29) is 16.8 Å². The van der Waals surface area contributed by atoms with Crippen LogP contribution >= 0.6 is 0 Å². The topological polar surface area (TPSA) is 32.8 Å². The molecule has 1 aliphatic carbocycles. The number of carbonyl (C=O) groups excluding carboxylic acids is 1. The number of allylic oxidation sites excluding steroid dienone is 1. The molecule has 5 heterocycles. The van der Waals surface area contributed by atoms with Gasteiger partial charge < -0.3 is 9.64 Å². The quantitative estimate of drug-likeness (QED) is 0.576. The number of likely N-dealkylation sites (N-methyl/N-ethyl adjacent to an activating group) is 1. The van der Waals surface area contributed by atoms with Gasteiger partial charge in [0.2, 0.25) is 0 Å². The Labute approximate surface area is 154 Å². The number of hydrogen-bond donors (Lipinski definition) is 0. The Morgan fingerprint density at radius 3 is 2.92 bits per heavy atom. The second-order valence-corrected chi connectivity index (χ2v) is 9.05. The lowest BCUT2D eigenvalue weighted by Crippen LogP contribution is -2.71. The Balaban J connectivity index is 1.63. The monoisotopic (exact) mass is 350 g/mol. The van der Waals surface area contributed by atoms with E-state index in [4.69, 9.17) is 4.74 Å². The smallest absolute Gasteiger partial charge is 0.314 e. The van der Waals surface area contributed by atoms with Crippen molar-refractivity contribution in [1.29, 1.82) is 0 Å². The molecule has 5 aliphatic heterocycles. The lowest BCUT2D eigenvalue weighted by atomic mass is 9.59. The first-order valence-corrected chi connectivity index (χ1v) is 9.90. The summed E-state index contributed by atoms with van der Waals surface area (Å²) in [6.45, 7) is 3.17. The molecule has 4 saturated heterocycles. The van der Waals surface area contributed by atoms with Crippen LogP contribution in [0.2, 0.25) is 0 Å². The fourth-order valence-corrected chi connectivity index (χ4v) is 7.94. The highest BCUT2D eigenvalue weighted by Gasteiger charge is 2.78. The average molecular weight is 350 g/mol. The maximum Gasteiger partial charge on any atom is 0.314 e. The predicted molar refractivity (Wildman–Crippen MR) is 100 cm³/mol. The summed E-state index contributed by atoms with van der Waals surface area (Å²) in [6.07, 6.45) is 5.39.